The summed E-state index contributed by atoms with van der Waals surface area (Å²) in [6.45, 7) is 4.56. The van der Waals surface area contributed by atoms with Crippen molar-refractivity contribution in [3.8, 4) is 5.75 Å². The first kappa shape index (κ1) is 16.9. The third-order valence-electron chi connectivity index (χ3n) is 3.90. The second-order valence-corrected chi connectivity index (χ2v) is 5.39. The van der Waals surface area contributed by atoms with E-state index in [0.717, 1.165) is 40.9 Å². The van der Waals surface area contributed by atoms with E-state index >= 15 is 0 Å². The Hall–Kier alpha value is -2.46. The van der Waals surface area contributed by atoms with Gasteiger partial charge in [-0.3, -0.25) is 0 Å². The molecule has 1 atom stereocenters. The van der Waals surface area contributed by atoms with Crippen LogP contribution >= 0.6 is 0 Å². The van der Waals surface area contributed by atoms with E-state index in [0.29, 0.717) is 0 Å². The lowest BCUT2D eigenvalue weighted by Gasteiger charge is -2.19. The minimum absolute atomic E-state index is 0.124. The number of hydrogen-bond donors (Lipinski definition) is 3. The molecule has 0 saturated carbocycles. The van der Waals surface area contributed by atoms with Gasteiger partial charge in [0.2, 0.25) is 0 Å². The molecule has 4 heteroatoms. The number of fused-ring (bicyclic) bond motifs is 1. The standard InChI is InChI=1S/C19H25N3O/c1-4-5-6-7-17(20)15(8-10-21-2)14-12-18-16(9-11-22-18)19(13-14)23-3/h4-7,9,11-13,15,21-22H,1,8,10,20H2,2-3H3/b6-5-,17-7-. The zero-order valence-corrected chi connectivity index (χ0v) is 13.8. The first-order valence-corrected chi connectivity index (χ1v) is 7.75. The number of benzene rings is 1. The molecule has 2 aromatic rings. The number of ether oxygens (including phenoxy) is 1. The Morgan fingerprint density at radius 1 is 1.43 bits per heavy atom. The minimum Gasteiger partial charge on any atom is -0.496 e. The van der Waals surface area contributed by atoms with Crippen LogP contribution in [0.2, 0.25) is 0 Å². The fourth-order valence-electron chi connectivity index (χ4n) is 2.70. The summed E-state index contributed by atoms with van der Waals surface area (Å²) in [5.74, 6) is 0.987. The Morgan fingerprint density at radius 2 is 2.26 bits per heavy atom. The van der Waals surface area contributed by atoms with Crippen LogP contribution in [0.3, 0.4) is 0 Å². The third kappa shape index (κ3) is 4.05. The SMILES string of the molecule is C=C/C=C\C=C(/N)C(CCNC)c1cc(OC)c2cc[nH]c2c1. The number of hydrogen-bond acceptors (Lipinski definition) is 3. The molecule has 0 amide bonds. The van der Waals surface area contributed by atoms with Crippen molar-refractivity contribution in [2.45, 2.75) is 12.3 Å². The molecule has 4 N–H and O–H groups in total. The summed E-state index contributed by atoms with van der Waals surface area (Å²) in [6.07, 6.45) is 10.3. The maximum atomic E-state index is 6.34. The van der Waals surface area contributed by atoms with Gasteiger partial charge in [0.15, 0.2) is 0 Å². The van der Waals surface area contributed by atoms with Gasteiger partial charge in [0.1, 0.15) is 5.75 Å². The van der Waals surface area contributed by atoms with E-state index in [1.807, 2.05) is 37.5 Å². The number of rotatable bonds is 8. The molecule has 0 fully saturated rings. The van der Waals surface area contributed by atoms with Gasteiger partial charge >= 0.3 is 0 Å². The molecule has 0 radical (unpaired) electrons. The van der Waals surface area contributed by atoms with Gasteiger partial charge < -0.3 is 20.8 Å². The van der Waals surface area contributed by atoms with Crippen LogP contribution in [-0.2, 0) is 0 Å². The minimum atomic E-state index is 0.124. The summed E-state index contributed by atoms with van der Waals surface area (Å²) in [7, 11) is 3.64. The summed E-state index contributed by atoms with van der Waals surface area (Å²) in [5, 5.41) is 4.28. The van der Waals surface area contributed by atoms with Crippen LogP contribution in [0.15, 0.2) is 61.0 Å². The lowest BCUT2D eigenvalue weighted by atomic mass is 9.91. The van der Waals surface area contributed by atoms with Gasteiger partial charge in [0.25, 0.3) is 0 Å². The Balaban J connectivity index is 2.43. The van der Waals surface area contributed by atoms with Crippen molar-refractivity contribution in [1.29, 1.82) is 0 Å². The number of allylic oxidation sites excluding steroid dienone is 5. The number of nitrogens with one attached hydrogen (secondary N) is 2. The Bertz CT molecular complexity index is 712. The molecule has 1 unspecified atom stereocenters. The molecule has 4 nitrogen and oxygen atoms in total. The monoisotopic (exact) mass is 311 g/mol. The smallest absolute Gasteiger partial charge is 0.128 e. The largest absolute Gasteiger partial charge is 0.496 e. The van der Waals surface area contributed by atoms with Crippen LogP contribution < -0.4 is 15.8 Å². The van der Waals surface area contributed by atoms with E-state index in [-0.39, 0.29) is 5.92 Å². The molecule has 0 aliphatic heterocycles. The number of H-pyrrole nitrogens is 1. The highest BCUT2D eigenvalue weighted by atomic mass is 16.5. The molecule has 2 rings (SSSR count). The number of aromatic amines is 1. The highest BCUT2D eigenvalue weighted by Gasteiger charge is 2.17. The summed E-state index contributed by atoms with van der Waals surface area (Å²) in [6, 6.07) is 6.25. The van der Waals surface area contributed by atoms with Crippen molar-refractivity contribution in [3.05, 3.63) is 66.5 Å². The Kier molecular flexibility index (Phi) is 6.06. The van der Waals surface area contributed by atoms with E-state index in [1.165, 1.54) is 0 Å². The van der Waals surface area contributed by atoms with Gasteiger partial charge in [0.05, 0.1) is 7.11 Å². The van der Waals surface area contributed by atoms with Crippen LogP contribution in [0, 0.1) is 0 Å². The van der Waals surface area contributed by atoms with Crippen molar-refractivity contribution in [2.75, 3.05) is 20.7 Å². The lowest BCUT2D eigenvalue weighted by Crippen LogP contribution is -2.17. The van der Waals surface area contributed by atoms with Crippen molar-refractivity contribution < 1.29 is 4.74 Å². The first-order valence-electron chi connectivity index (χ1n) is 7.75. The molecule has 1 aromatic carbocycles. The summed E-state index contributed by atoms with van der Waals surface area (Å²) < 4.78 is 5.54. The molecule has 122 valence electrons. The molecule has 1 heterocycles. The van der Waals surface area contributed by atoms with Crippen LogP contribution in [0.4, 0.5) is 0 Å². The highest BCUT2D eigenvalue weighted by molar-refractivity contribution is 5.86. The second-order valence-electron chi connectivity index (χ2n) is 5.39. The van der Waals surface area contributed by atoms with Crippen molar-refractivity contribution in [2.24, 2.45) is 5.73 Å². The average Bonchev–Trinajstić information content (AvgIpc) is 3.03. The average molecular weight is 311 g/mol. The fraction of sp³-hybridized carbons (Fsp3) is 0.263. The van der Waals surface area contributed by atoms with Crippen LogP contribution in [0.25, 0.3) is 10.9 Å². The maximum absolute atomic E-state index is 6.34. The van der Waals surface area contributed by atoms with E-state index in [4.69, 9.17) is 10.5 Å². The number of aromatic nitrogens is 1. The van der Waals surface area contributed by atoms with Crippen molar-refractivity contribution >= 4 is 10.9 Å². The number of nitrogens with two attached hydrogens (primary N) is 1. The molecule has 0 saturated heterocycles. The molecule has 0 aliphatic rings. The van der Waals surface area contributed by atoms with Crippen LogP contribution in [0.1, 0.15) is 17.9 Å². The van der Waals surface area contributed by atoms with E-state index in [1.54, 1.807) is 13.2 Å². The summed E-state index contributed by atoms with van der Waals surface area (Å²) >= 11 is 0. The van der Waals surface area contributed by atoms with Gasteiger partial charge in [-0.05, 0) is 49.9 Å². The molecule has 1 aromatic heterocycles. The van der Waals surface area contributed by atoms with E-state index < -0.39 is 0 Å². The molecule has 0 bridgehead atoms. The Labute approximate surface area is 137 Å². The lowest BCUT2D eigenvalue weighted by molar-refractivity contribution is 0.419. The Morgan fingerprint density at radius 3 is 2.96 bits per heavy atom. The highest BCUT2D eigenvalue weighted by Crippen LogP contribution is 2.33. The fourth-order valence-corrected chi connectivity index (χ4v) is 2.70. The summed E-state index contributed by atoms with van der Waals surface area (Å²) in [5.41, 5.74) is 9.37. The molecule has 0 aliphatic carbocycles. The predicted molar refractivity (Wildman–Crippen MR) is 97.7 cm³/mol. The predicted octanol–water partition coefficient (Wildman–Crippen LogP) is 3.45. The zero-order valence-electron chi connectivity index (χ0n) is 13.8. The van der Waals surface area contributed by atoms with Crippen molar-refractivity contribution in [1.82, 2.24) is 10.3 Å². The van der Waals surface area contributed by atoms with E-state index in [9.17, 15) is 0 Å². The van der Waals surface area contributed by atoms with E-state index in [2.05, 4.69) is 29.0 Å². The molecular formula is C19H25N3O. The maximum Gasteiger partial charge on any atom is 0.128 e. The van der Waals surface area contributed by atoms with Crippen LogP contribution in [-0.4, -0.2) is 25.7 Å². The molecule has 23 heavy (non-hydrogen) atoms. The van der Waals surface area contributed by atoms with Crippen molar-refractivity contribution in [3.63, 3.8) is 0 Å². The van der Waals surface area contributed by atoms with Gasteiger partial charge in [0, 0.05) is 28.7 Å². The number of methoxy groups -OCH3 is 1. The zero-order chi connectivity index (χ0) is 16.7. The topological polar surface area (TPSA) is 63.1 Å². The quantitative estimate of drug-likeness (QED) is 0.654. The third-order valence-corrected chi connectivity index (χ3v) is 3.90. The molecule has 0 spiro atoms. The molecular weight excluding hydrogens is 286 g/mol. The van der Waals surface area contributed by atoms with Gasteiger partial charge in [-0.15, -0.1) is 0 Å². The second kappa shape index (κ2) is 8.25. The first-order chi connectivity index (χ1) is 11.2. The summed E-state index contributed by atoms with van der Waals surface area (Å²) in [4.78, 5) is 3.25. The normalized spacial score (nSPS) is 13.6. The van der Waals surface area contributed by atoms with Gasteiger partial charge in [-0.2, -0.15) is 0 Å². The van der Waals surface area contributed by atoms with Crippen LogP contribution in [0.5, 0.6) is 5.75 Å². The van der Waals surface area contributed by atoms with Gasteiger partial charge in [-0.1, -0.05) is 24.8 Å². The van der Waals surface area contributed by atoms with Gasteiger partial charge in [-0.25, -0.2) is 0 Å².